The number of nitrogens with one attached hydrogen (secondary N) is 2. The van der Waals surface area contributed by atoms with Crippen molar-refractivity contribution in [3.8, 4) is 0 Å². The van der Waals surface area contributed by atoms with Gasteiger partial charge in [0.1, 0.15) is 0 Å². The van der Waals surface area contributed by atoms with Crippen molar-refractivity contribution < 1.29 is 19.1 Å². The summed E-state index contributed by atoms with van der Waals surface area (Å²) in [6.07, 6.45) is 2.61. The minimum Gasteiger partial charge on any atom is -0.448 e. The molecule has 0 aliphatic rings. The molecule has 0 spiro atoms. The zero-order valence-electron chi connectivity index (χ0n) is 16.9. The summed E-state index contributed by atoms with van der Waals surface area (Å²) in [6, 6.07) is 5.92. The van der Waals surface area contributed by atoms with E-state index in [1.807, 2.05) is 5.32 Å². The van der Waals surface area contributed by atoms with Gasteiger partial charge in [-0.05, 0) is 19.4 Å². The molecular weight excluding hydrogens is 376 g/mol. The van der Waals surface area contributed by atoms with E-state index < -0.39 is 24.0 Å². The second-order valence-electron chi connectivity index (χ2n) is 6.60. The Morgan fingerprint density at radius 2 is 1.83 bits per heavy atom. The average molecular weight is 402 g/mol. The van der Waals surface area contributed by atoms with Crippen molar-refractivity contribution in [2.24, 2.45) is 0 Å². The monoisotopic (exact) mass is 402 g/mol. The van der Waals surface area contributed by atoms with Crippen LogP contribution in [0, 0.1) is 0 Å². The predicted octanol–water partition coefficient (Wildman–Crippen LogP) is 1.98. The molecule has 1 aromatic carbocycles. The molecule has 1 atom stereocenters. The fourth-order valence-corrected chi connectivity index (χ4v) is 2.77. The van der Waals surface area contributed by atoms with Gasteiger partial charge in [-0.2, -0.15) is 5.10 Å². The van der Waals surface area contributed by atoms with Crippen LogP contribution in [0.1, 0.15) is 50.0 Å². The number of rotatable bonds is 8. The van der Waals surface area contributed by atoms with E-state index in [0.717, 1.165) is 25.7 Å². The number of carbonyl (C=O) groups excluding carboxylic acids is 3. The molecule has 2 aromatic rings. The van der Waals surface area contributed by atoms with Crippen LogP contribution in [-0.2, 0) is 16.1 Å². The van der Waals surface area contributed by atoms with Gasteiger partial charge < -0.3 is 10.1 Å². The molecule has 29 heavy (non-hydrogen) atoms. The van der Waals surface area contributed by atoms with Crippen molar-refractivity contribution >= 4 is 28.7 Å². The Labute approximate surface area is 168 Å². The van der Waals surface area contributed by atoms with Crippen molar-refractivity contribution in [3.63, 3.8) is 0 Å². The summed E-state index contributed by atoms with van der Waals surface area (Å²) >= 11 is 0. The highest BCUT2D eigenvalue weighted by Crippen LogP contribution is 2.15. The number of imide groups is 1. The summed E-state index contributed by atoms with van der Waals surface area (Å²) < 4.78 is 6.45. The van der Waals surface area contributed by atoms with Crippen LogP contribution in [-0.4, -0.2) is 40.8 Å². The maximum Gasteiger partial charge on any atom is 0.360 e. The fourth-order valence-electron chi connectivity index (χ4n) is 2.77. The van der Waals surface area contributed by atoms with Gasteiger partial charge >= 0.3 is 12.0 Å². The Kier molecular flexibility index (Phi) is 7.88. The van der Waals surface area contributed by atoms with Crippen LogP contribution >= 0.6 is 0 Å². The van der Waals surface area contributed by atoms with Gasteiger partial charge in [0.25, 0.3) is 11.5 Å². The number of urea groups is 1. The Hall–Kier alpha value is -3.23. The highest BCUT2D eigenvalue weighted by molar-refractivity contribution is 6.03. The molecule has 0 unspecified atom stereocenters. The first-order valence-corrected chi connectivity index (χ1v) is 9.62. The molecule has 9 heteroatoms. The van der Waals surface area contributed by atoms with Crippen LogP contribution < -0.4 is 16.2 Å². The Bertz CT molecular complexity index is 954. The highest BCUT2D eigenvalue weighted by Gasteiger charge is 2.24. The molecule has 1 aromatic heterocycles. The molecular formula is C20H26N4O5. The first-order chi connectivity index (χ1) is 13.9. The van der Waals surface area contributed by atoms with E-state index >= 15 is 0 Å². The van der Waals surface area contributed by atoms with Crippen LogP contribution in [0.4, 0.5) is 4.79 Å². The van der Waals surface area contributed by atoms with Gasteiger partial charge in [-0.3, -0.25) is 14.9 Å². The van der Waals surface area contributed by atoms with Crippen LogP contribution in [0.3, 0.4) is 0 Å². The van der Waals surface area contributed by atoms with Crippen molar-refractivity contribution in [1.82, 2.24) is 20.4 Å². The Balaban J connectivity index is 2.29. The largest absolute Gasteiger partial charge is 0.448 e. The van der Waals surface area contributed by atoms with Gasteiger partial charge in [-0.25, -0.2) is 14.3 Å². The molecule has 3 amide bonds. The molecule has 0 aliphatic heterocycles. The summed E-state index contributed by atoms with van der Waals surface area (Å²) in [6.45, 7) is 3.83. The molecule has 9 nitrogen and oxygen atoms in total. The van der Waals surface area contributed by atoms with Gasteiger partial charge in [0.15, 0.2) is 11.8 Å². The molecule has 0 bridgehead atoms. The van der Waals surface area contributed by atoms with Gasteiger partial charge in [-0.15, -0.1) is 0 Å². The standard InChI is InChI=1S/C20H26N4O5/c1-4-5-6-9-12-24-18(26)15-11-8-7-10-14(15)16(23-24)19(27)29-13(2)17(25)22-20(28)21-3/h7-8,10-11,13H,4-6,9,12H2,1-3H3,(H2,21,22,25,28)/t13-/m1/s1. The van der Waals surface area contributed by atoms with Crippen molar-refractivity contribution in [2.45, 2.75) is 52.2 Å². The Morgan fingerprint density at radius 1 is 1.14 bits per heavy atom. The lowest BCUT2D eigenvalue weighted by atomic mass is 10.1. The van der Waals surface area contributed by atoms with Gasteiger partial charge in [0.05, 0.1) is 5.39 Å². The molecule has 0 fully saturated rings. The van der Waals surface area contributed by atoms with Crippen LogP contribution in [0.2, 0.25) is 0 Å². The number of aromatic nitrogens is 2. The number of fused-ring (bicyclic) bond motifs is 1. The second kappa shape index (κ2) is 10.4. The minimum absolute atomic E-state index is 0.0460. The van der Waals surface area contributed by atoms with Gasteiger partial charge in [-0.1, -0.05) is 44.4 Å². The SMILES string of the molecule is CCCCCCn1nc(C(=O)O[C@H](C)C(=O)NC(=O)NC)c2ccccc2c1=O. The quantitative estimate of drug-likeness (QED) is 0.515. The van der Waals surface area contributed by atoms with E-state index in [1.54, 1.807) is 24.3 Å². The third-order valence-electron chi connectivity index (χ3n) is 4.40. The summed E-state index contributed by atoms with van der Waals surface area (Å²) in [5, 5.41) is 9.20. The smallest absolute Gasteiger partial charge is 0.360 e. The van der Waals surface area contributed by atoms with Crippen LogP contribution in [0.15, 0.2) is 29.1 Å². The topological polar surface area (TPSA) is 119 Å². The van der Waals surface area contributed by atoms with E-state index in [2.05, 4.69) is 17.3 Å². The third kappa shape index (κ3) is 5.63. The van der Waals surface area contributed by atoms with Crippen molar-refractivity contribution in [2.75, 3.05) is 7.05 Å². The van der Waals surface area contributed by atoms with Gasteiger partial charge in [0.2, 0.25) is 0 Å². The maximum absolute atomic E-state index is 12.7. The zero-order chi connectivity index (χ0) is 21.4. The summed E-state index contributed by atoms with van der Waals surface area (Å²) in [5.41, 5.74) is -0.325. The molecule has 0 aliphatic carbocycles. The number of aryl methyl sites for hydroxylation is 1. The van der Waals surface area contributed by atoms with E-state index in [1.165, 1.54) is 18.7 Å². The average Bonchev–Trinajstić information content (AvgIpc) is 2.72. The normalized spacial score (nSPS) is 11.7. The third-order valence-corrected chi connectivity index (χ3v) is 4.40. The first-order valence-electron chi connectivity index (χ1n) is 9.62. The second-order valence-corrected chi connectivity index (χ2v) is 6.60. The maximum atomic E-state index is 12.7. The molecule has 0 saturated heterocycles. The molecule has 0 radical (unpaired) electrons. The molecule has 2 N–H and O–H groups in total. The number of benzene rings is 1. The van der Waals surface area contributed by atoms with E-state index in [4.69, 9.17) is 4.74 Å². The predicted molar refractivity (Wildman–Crippen MR) is 108 cm³/mol. The first kappa shape index (κ1) is 22.1. The number of esters is 1. The number of carbonyl (C=O) groups is 3. The van der Waals surface area contributed by atoms with Crippen LogP contribution in [0.25, 0.3) is 10.8 Å². The zero-order valence-corrected chi connectivity index (χ0v) is 16.9. The summed E-state index contributed by atoms with van der Waals surface area (Å²) in [4.78, 5) is 48.6. The van der Waals surface area contributed by atoms with Crippen molar-refractivity contribution in [1.29, 1.82) is 0 Å². The summed E-state index contributed by atoms with van der Waals surface area (Å²) in [5.74, 6) is -1.61. The lowest BCUT2D eigenvalue weighted by Crippen LogP contribution is -2.43. The fraction of sp³-hybridized carbons (Fsp3) is 0.450. The lowest BCUT2D eigenvalue weighted by Gasteiger charge is -2.14. The molecule has 0 saturated carbocycles. The highest BCUT2D eigenvalue weighted by atomic mass is 16.5. The number of ether oxygens (including phenoxy) is 1. The van der Waals surface area contributed by atoms with E-state index in [9.17, 15) is 19.2 Å². The summed E-state index contributed by atoms with van der Waals surface area (Å²) in [7, 11) is 1.36. The van der Waals surface area contributed by atoms with Crippen molar-refractivity contribution in [3.05, 3.63) is 40.3 Å². The number of hydrogen-bond donors (Lipinski definition) is 2. The van der Waals surface area contributed by atoms with E-state index in [0.29, 0.717) is 17.3 Å². The molecule has 156 valence electrons. The lowest BCUT2D eigenvalue weighted by molar-refractivity contribution is -0.127. The minimum atomic E-state index is -1.22. The molecule has 2 rings (SSSR count). The number of amides is 3. The Morgan fingerprint density at radius 3 is 2.48 bits per heavy atom. The van der Waals surface area contributed by atoms with Gasteiger partial charge in [0, 0.05) is 19.0 Å². The van der Waals surface area contributed by atoms with Crippen LogP contribution in [0.5, 0.6) is 0 Å². The van der Waals surface area contributed by atoms with E-state index in [-0.39, 0.29) is 11.3 Å². The number of unbranched alkanes of at least 4 members (excludes halogenated alkanes) is 3. The molecule has 1 heterocycles. The number of nitrogens with zero attached hydrogens (tertiary/aromatic N) is 2. The number of hydrogen-bond acceptors (Lipinski definition) is 6.